The van der Waals surface area contributed by atoms with Crippen molar-refractivity contribution in [3.8, 4) is 0 Å². The van der Waals surface area contributed by atoms with Crippen LogP contribution < -0.4 is 10.2 Å². The van der Waals surface area contributed by atoms with E-state index in [1.165, 1.54) is 18.5 Å². The van der Waals surface area contributed by atoms with E-state index in [4.69, 9.17) is 11.6 Å². The maximum atomic E-state index is 12.8. The van der Waals surface area contributed by atoms with Gasteiger partial charge in [-0.05, 0) is 18.2 Å². The first-order valence-electron chi connectivity index (χ1n) is 5.90. The Morgan fingerprint density at radius 3 is 2.48 bits per heavy atom. The van der Waals surface area contributed by atoms with Gasteiger partial charge in [0, 0.05) is 25.8 Å². The van der Waals surface area contributed by atoms with E-state index in [9.17, 15) is 13.2 Å². The monoisotopic (exact) mass is 316 g/mol. The second-order valence-electron chi connectivity index (χ2n) is 4.47. The zero-order valence-corrected chi connectivity index (χ0v) is 12.0. The third kappa shape index (κ3) is 3.75. The highest BCUT2D eigenvalue weighted by Crippen LogP contribution is 2.36. The van der Waals surface area contributed by atoms with Crippen LogP contribution in [0.5, 0.6) is 0 Å². The van der Waals surface area contributed by atoms with E-state index < -0.39 is 11.7 Å². The molecule has 2 rings (SSSR count). The highest BCUT2D eigenvalue weighted by Gasteiger charge is 2.33. The molecule has 0 atom stereocenters. The van der Waals surface area contributed by atoms with Crippen molar-refractivity contribution < 1.29 is 13.2 Å². The third-order valence-electron chi connectivity index (χ3n) is 2.66. The van der Waals surface area contributed by atoms with E-state index in [1.54, 1.807) is 25.1 Å². The molecule has 0 aliphatic carbocycles. The Bertz CT molecular complexity index is 644. The molecule has 0 saturated carbocycles. The molecule has 4 nitrogen and oxygen atoms in total. The summed E-state index contributed by atoms with van der Waals surface area (Å²) in [6.07, 6.45) is -3.17. The smallest absolute Gasteiger partial charge is 0.363 e. The SMILES string of the molecule is CN(C)c1cc(Nc2ccc(Cl)c(C(F)(F)F)c2)ncn1. The standard InChI is InChI=1S/C13H12ClF3N4/c1-21(2)12-6-11(18-7-19-12)20-8-3-4-10(14)9(5-8)13(15,16)17/h3-7H,1-2H3,(H,18,19,20). The van der Waals surface area contributed by atoms with Crippen LogP contribution in [0, 0.1) is 0 Å². The Morgan fingerprint density at radius 2 is 1.86 bits per heavy atom. The quantitative estimate of drug-likeness (QED) is 0.930. The Labute approximate surface area is 124 Å². The van der Waals surface area contributed by atoms with Gasteiger partial charge in [-0.2, -0.15) is 13.2 Å². The number of rotatable bonds is 3. The molecule has 1 heterocycles. The second kappa shape index (κ2) is 5.77. The van der Waals surface area contributed by atoms with Gasteiger partial charge < -0.3 is 10.2 Å². The molecule has 21 heavy (non-hydrogen) atoms. The molecule has 0 aliphatic rings. The summed E-state index contributed by atoms with van der Waals surface area (Å²) < 4.78 is 38.4. The minimum absolute atomic E-state index is 0.245. The van der Waals surface area contributed by atoms with Crippen LogP contribution in [0.2, 0.25) is 5.02 Å². The maximum absolute atomic E-state index is 12.8. The van der Waals surface area contributed by atoms with Gasteiger partial charge in [0.15, 0.2) is 0 Å². The van der Waals surface area contributed by atoms with E-state index in [1.807, 2.05) is 0 Å². The largest absolute Gasteiger partial charge is 0.417 e. The zero-order valence-electron chi connectivity index (χ0n) is 11.2. The van der Waals surface area contributed by atoms with Crippen LogP contribution in [0.25, 0.3) is 0 Å². The summed E-state index contributed by atoms with van der Waals surface area (Å²) in [6.45, 7) is 0. The fourth-order valence-corrected chi connectivity index (χ4v) is 1.85. The maximum Gasteiger partial charge on any atom is 0.417 e. The Kier molecular flexibility index (Phi) is 4.22. The van der Waals surface area contributed by atoms with Crippen LogP contribution in [-0.4, -0.2) is 24.1 Å². The molecule has 2 aromatic rings. The number of nitrogens with one attached hydrogen (secondary N) is 1. The minimum atomic E-state index is -4.50. The number of hydrogen-bond donors (Lipinski definition) is 1. The molecule has 0 spiro atoms. The van der Waals surface area contributed by atoms with Crippen molar-refractivity contribution in [2.45, 2.75) is 6.18 Å². The van der Waals surface area contributed by atoms with E-state index in [-0.39, 0.29) is 10.7 Å². The summed E-state index contributed by atoms with van der Waals surface area (Å²) in [6, 6.07) is 5.22. The molecule has 0 saturated heterocycles. The molecule has 0 unspecified atom stereocenters. The van der Waals surface area contributed by atoms with Gasteiger partial charge in [0.05, 0.1) is 10.6 Å². The van der Waals surface area contributed by atoms with Crippen LogP contribution in [0.4, 0.5) is 30.5 Å². The van der Waals surface area contributed by atoms with Gasteiger partial charge in [0.25, 0.3) is 0 Å². The Hall–Kier alpha value is -2.02. The molecule has 0 radical (unpaired) electrons. The van der Waals surface area contributed by atoms with Crippen LogP contribution in [0.1, 0.15) is 5.56 Å². The molecule has 0 bridgehead atoms. The first kappa shape index (κ1) is 15.4. The molecule has 1 N–H and O–H groups in total. The van der Waals surface area contributed by atoms with Crippen molar-refractivity contribution in [1.29, 1.82) is 0 Å². The molecular weight excluding hydrogens is 305 g/mol. The zero-order chi connectivity index (χ0) is 15.6. The van der Waals surface area contributed by atoms with Gasteiger partial charge in [-0.25, -0.2) is 9.97 Å². The number of anilines is 3. The first-order chi connectivity index (χ1) is 9.77. The summed E-state index contributed by atoms with van der Waals surface area (Å²) in [7, 11) is 3.60. The lowest BCUT2D eigenvalue weighted by Crippen LogP contribution is -2.11. The molecule has 0 aliphatic heterocycles. The van der Waals surface area contributed by atoms with E-state index in [0.29, 0.717) is 11.6 Å². The number of nitrogens with zero attached hydrogens (tertiary/aromatic N) is 3. The van der Waals surface area contributed by atoms with Crippen LogP contribution in [-0.2, 0) is 6.18 Å². The van der Waals surface area contributed by atoms with Crippen LogP contribution in [0.3, 0.4) is 0 Å². The fourth-order valence-electron chi connectivity index (χ4n) is 1.63. The van der Waals surface area contributed by atoms with Crippen molar-refractivity contribution in [3.63, 3.8) is 0 Å². The van der Waals surface area contributed by atoms with Crippen molar-refractivity contribution in [1.82, 2.24) is 9.97 Å². The van der Waals surface area contributed by atoms with Gasteiger partial charge in [-0.15, -0.1) is 0 Å². The highest BCUT2D eigenvalue weighted by atomic mass is 35.5. The summed E-state index contributed by atoms with van der Waals surface area (Å²) in [4.78, 5) is 9.75. The lowest BCUT2D eigenvalue weighted by atomic mass is 10.2. The van der Waals surface area contributed by atoms with Crippen LogP contribution >= 0.6 is 11.6 Å². The normalized spacial score (nSPS) is 11.3. The minimum Gasteiger partial charge on any atom is -0.363 e. The Morgan fingerprint density at radius 1 is 1.14 bits per heavy atom. The summed E-state index contributed by atoms with van der Waals surface area (Å²) >= 11 is 5.57. The predicted molar refractivity (Wildman–Crippen MR) is 76.1 cm³/mol. The number of aromatic nitrogens is 2. The van der Waals surface area contributed by atoms with Crippen molar-refractivity contribution in [3.05, 3.63) is 41.2 Å². The third-order valence-corrected chi connectivity index (χ3v) is 2.98. The van der Waals surface area contributed by atoms with Crippen molar-refractivity contribution in [2.75, 3.05) is 24.3 Å². The summed E-state index contributed by atoms with van der Waals surface area (Å²) in [5.41, 5.74) is -0.647. The van der Waals surface area contributed by atoms with Crippen molar-refractivity contribution in [2.24, 2.45) is 0 Å². The number of halogens is 4. The molecule has 1 aromatic carbocycles. The van der Waals surface area contributed by atoms with E-state index in [2.05, 4.69) is 15.3 Å². The molecule has 0 amide bonds. The molecular formula is C13H12ClF3N4. The summed E-state index contributed by atoms with van der Waals surface area (Å²) in [5.74, 6) is 1.03. The second-order valence-corrected chi connectivity index (χ2v) is 4.88. The molecule has 0 fully saturated rings. The number of hydrogen-bond acceptors (Lipinski definition) is 4. The van der Waals surface area contributed by atoms with Crippen molar-refractivity contribution >= 4 is 28.9 Å². The lowest BCUT2D eigenvalue weighted by molar-refractivity contribution is -0.137. The topological polar surface area (TPSA) is 41.0 Å². The van der Waals surface area contributed by atoms with E-state index in [0.717, 1.165) is 6.07 Å². The lowest BCUT2D eigenvalue weighted by Gasteiger charge is -2.14. The van der Waals surface area contributed by atoms with Gasteiger partial charge in [-0.1, -0.05) is 11.6 Å². The average molecular weight is 317 g/mol. The van der Waals surface area contributed by atoms with Gasteiger partial charge in [0.1, 0.15) is 18.0 Å². The average Bonchev–Trinajstić information content (AvgIpc) is 2.40. The highest BCUT2D eigenvalue weighted by molar-refractivity contribution is 6.31. The van der Waals surface area contributed by atoms with Gasteiger partial charge in [-0.3, -0.25) is 0 Å². The van der Waals surface area contributed by atoms with E-state index >= 15 is 0 Å². The molecule has 1 aromatic heterocycles. The number of benzene rings is 1. The van der Waals surface area contributed by atoms with Crippen LogP contribution in [0.15, 0.2) is 30.6 Å². The summed E-state index contributed by atoms with van der Waals surface area (Å²) in [5, 5.41) is 2.46. The van der Waals surface area contributed by atoms with Gasteiger partial charge in [0.2, 0.25) is 0 Å². The Balaban J connectivity index is 2.30. The number of alkyl halides is 3. The first-order valence-corrected chi connectivity index (χ1v) is 6.28. The fraction of sp³-hybridized carbons (Fsp3) is 0.231. The van der Waals surface area contributed by atoms with Gasteiger partial charge >= 0.3 is 6.18 Å². The molecule has 112 valence electrons. The molecule has 8 heteroatoms. The predicted octanol–water partition coefficient (Wildman–Crippen LogP) is 3.96.